The second-order valence-corrected chi connectivity index (χ2v) is 7.96. The van der Waals surface area contributed by atoms with Crippen LogP contribution < -0.4 is 10.9 Å². The number of nitrogens with one attached hydrogen (secondary N) is 1. The number of hydrogen-bond acceptors (Lipinski definition) is 4. The standard InChI is InChI=1S/C23H23N5O2/c1-15-25-26-23-27(14-16-7-3-2-4-8-16)22(30)19-13-18(11-12-20(19)28(15)23)24-21(29)17-9-5-6-10-17/h2-4,7-8,11-13,17H,5-6,9-10,14H2,1H3,(H,24,29). The maximum atomic E-state index is 13.4. The third-order valence-electron chi connectivity index (χ3n) is 5.94. The summed E-state index contributed by atoms with van der Waals surface area (Å²) >= 11 is 0. The van der Waals surface area contributed by atoms with Gasteiger partial charge in [0.1, 0.15) is 5.82 Å². The SMILES string of the molecule is Cc1nnc2n(Cc3ccccc3)c(=O)c3cc(NC(=O)C4CCCC4)ccc3n12. The second-order valence-electron chi connectivity index (χ2n) is 7.96. The summed E-state index contributed by atoms with van der Waals surface area (Å²) in [5, 5.41) is 12.0. The fourth-order valence-corrected chi connectivity index (χ4v) is 4.37. The van der Waals surface area contributed by atoms with Crippen molar-refractivity contribution in [1.82, 2.24) is 19.2 Å². The minimum atomic E-state index is -0.147. The number of amides is 1. The number of nitrogens with zero attached hydrogens (tertiary/aromatic N) is 4. The van der Waals surface area contributed by atoms with E-state index in [1.807, 2.05) is 53.8 Å². The van der Waals surface area contributed by atoms with Gasteiger partial charge in [-0.2, -0.15) is 0 Å². The molecule has 0 radical (unpaired) electrons. The van der Waals surface area contributed by atoms with E-state index in [4.69, 9.17) is 0 Å². The van der Waals surface area contributed by atoms with Crippen molar-refractivity contribution in [2.75, 3.05) is 5.32 Å². The van der Waals surface area contributed by atoms with Crippen LogP contribution in [0.5, 0.6) is 0 Å². The van der Waals surface area contributed by atoms with E-state index < -0.39 is 0 Å². The molecule has 1 aliphatic carbocycles. The fourth-order valence-electron chi connectivity index (χ4n) is 4.37. The Morgan fingerprint density at radius 2 is 1.87 bits per heavy atom. The molecule has 4 aromatic rings. The smallest absolute Gasteiger partial charge is 0.263 e. The molecule has 2 aromatic heterocycles. The summed E-state index contributed by atoms with van der Waals surface area (Å²) in [7, 11) is 0. The first-order chi connectivity index (χ1) is 14.6. The Hall–Kier alpha value is -3.48. The van der Waals surface area contributed by atoms with Crippen molar-refractivity contribution in [2.24, 2.45) is 5.92 Å². The molecule has 7 heteroatoms. The molecule has 1 N–H and O–H groups in total. The molecule has 0 aliphatic heterocycles. The Morgan fingerprint density at radius 1 is 1.10 bits per heavy atom. The van der Waals surface area contributed by atoms with E-state index in [0.29, 0.717) is 29.2 Å². The number of anilines is 1. The highest BCUT2D eigenvalue weighted by Crippen LogP contribution is 2.27. The summed E-state index contributed by atoms with van der Waals surface area (Å²) in [6.45, 7) is 2.27. The average molecular weight is 401 g/mol. The van der Waals surface area contributed by atoms with Gasteiger partial charge in [0, 0.05) is 11.6 Å². The van der Waals surface area contributed by atoms with Gasteiger partial charge in [-0.25, -0.2) is 0 Å². The average Bonchev–Trinajstić information content (AvgIpc) is 3.42. The van der Waals surface area contributed by atoms with Crippen LogP contribution in [0.15, 0.2) is 53.3 Å². The molecule has 0 saturated heterocycles. The van der Waals surface area contributed by atoms with Crippen LogP contribution in [0.3, 0.4) is 0 Å². The summed E-state index contributed by atoms with van der Waals surface area (Å²) < 4.78 is 3.53. The summed E-state index contributed by atoms with van der Waals surface area (Å²) in [6.07, 6.45) is 4.07. The van der Waals surface area contributed by atoms with Gasteiger partial charge in [-0.05, 0) is 43.5 Å². The summed E-state index contributed by atoms with van der Waals surface area (Å²) in [5.74, 6) is 1.33. The maximum absolute atomic E-state index is 13.4. The molecule has 1 fully saturated rings. The van der Waals surface area contributed by atoms with Crippen molar-refractivity contribution in [3.05, 3.63) is 70.3 Å². The highest BCUT2D eigenvalue weighted by atomic mass is 16.2. The number of fused-ring (bicyclic) bond motifs is 3. The fraction of sp³-hybridized carbons (Fsp3) is 0.304. The van der Waals surface area contributed by atoms with Gasteiger partial charge in [0.2, 0.25) is 11.7 Å². The predicted octanol–water partition coefficient (Wildman–Crippen LogP) is 3.53. The van der Waals surface area contributed by atoms with Gasteiger partial charge in [0.05, 0.1) is 17.4 Å². The lowest BCUT2D eigenvalue weighted by Crippen LogP contribution is -2.24. The largest absolute Gasteiger partial charge is 0.326 e. The molecule has 2 heterocycles. The number of aromatic nitrogens is 4. The van der Waals surface area contributed by atoms with Gasteiger partial charge in [-0.3, -0.25) is 18.6 Å². The van der Waals surface area contributed by atoms with Crippen LogP contribution in [-0.4, -0.2) is 25.1 Å². The van der Waals surface area contributed by atoms with Gasteiger partial charge in [0.15, 0.2) is 0 Å². The van der Waals surface area contributed by atoms with E-state index in [0.717, 1.165) is 36.8 Å². The van der Waals surface area contributed by atoms with E-state index in [-0.39, 0.29) is 17.4 Å². The van der Waals surface area contributed by atoms with Crippen LogP contribution in [0.1, 0.15) is 37.1 Å². The molecule has 7 nitrogen and oxygen atoms in total. The van der Waals surface area contributed by atoms with Crippen LogP contribution >= 0.6 is 0 Å². The molecular weight excluding hydrogens is 378 g/mol. The quantitative estimate of drug-likeness (QED) is 0.567. The van der Waals surface area contributed by atoms with E-state index in [1.165, 1.54) is 0 Å². The van der Waals surface area contributed by atoms with Crippen molar-refractivity contribution in [3.63, 3.8) is 0 Å². The number of rotatable bonds is 4. The van der Waals surface area contributed by atoms with Crippen molar-refractivity contribution < 1.29 is 4.79 Å². The molecule has 5 rings (SSSR count). The lowest BCUT2D eigenvalue weighted by atomic mass is 10.1. The Balaban J connectivity index is 1.63. The molecule has 1 amide bonds. The molecule has 2 aromatic carbocycles. The van der Waals surface area contributed by atoms with Crippen LogP contribution in [0.4, 0.5) is 5.69 Å². The molecule has 1 saturated carbocycles. The topological polar surface area (TPSA) is 81.3 Å². The van der Waals surface area contributed by atoms with Crippen LogP contribution in [0.25, 0.3) is 16.7 Å². The zero-order valence-electron chi connectivity index (χ0n) is 16.8. The van der Waals surface area contributed by atoms with Gasteiger partial charge >= 0.3 is 0 Å². The third kappa shape index (κ3) is 3.16. The van der Waals surface area contributed by atoms with Gasteiger partial charge < -0.3 is 5.32 Å². The summed E-state index contributed by atoms with van der Waals surface area (Å²) in [4.78, 5) is 26.0. The third-order valence-corrected chi connectivity index (χ3v) is 5.94. The first-order valence-electron chi connectivity index (χ1n) is 10.3. The molecule has 0 unspecified atom stereocenters. The van der Waals surface area contributed by atoms with Crippen molar-refractivity contribution in [3.8, 4) is 0 Å². The molecule has 0 bridgehead atoms. The lowest BCUT2D eigenvalue weighted by molar-refractivity contribution is -0.119. The number of hydrogen-bond donors (Lipinski definition) is 1. The Kier molecular flexibility index (Phi) is 4.58. The first kappa shape index (κ1) is 18.5. The van der Waals surface area contributed by atoms with Gasteiger partial charge in [-0.15, -0.1) is 10.2 Å². The van der Waals surface area contributed by atoms with E-state index >= 15 is 0 Å². The van der Waals surface area contributed by atoms with Crippen molar-refractivity contribution >= 4 is 28.3 Å². The van der Waals surface area contributed by atoms with Crippen LogP contribution in [0.2, 0.25) is 0 Å². The highest BCUT2D eigenvalue weighted by Gasteiger charge is 2.23. The van der Waals surface area contributed by atoms with Crippen molar-refractivity contribution in [1.29, 1.82) is 0 Å². The van der Waals surface area contributed by atoms with Crippen LogP contribution in [-0.2, 0) is 11.3 Å². The minimum Gasteiger partial charge on any atom is -0.326 e. The monoisotopic (exact) mass is 401 g/mol. The summed E-state index contributed by atoms with van der Waals surface area (Å²) in [5.41, 5.74) is 2.24. The molecule has 0 atom stereocenters. The number of carbonyl (C=O) groups excluding carboxylic acids is 1. The number of carbonyl (C=O) groups is 1. The maximum Gasteiger partial charge on any atom is 0.263 e. The molecular formula is C23H23N5O2. The normalized spacial score (nSPS) is 14.6. The number of benzene rings is 2. The molecule has 0 spiro atoms. The zero-order valence-corrected chi connectivity index (χ0v) is 16.8. The van der Waals surface area contributed by atoms with Crippen molar-refractivity contribution in [2.45, 2.75) is 39.2 Å². The highest BCUT2D eigenvalue weighted by molar-refractivity contribution is 5.95. The van der Waals surface area contributed by atoms with Crippen LogP contribution in [0, 0.1) is 12.8 Å². The predicted molar refractivity (Wildman–Crippen MR) is 116 cm³/mol. The minimum absolute atomic E-state index is 0.0398. The summed E-state index contributed by atoms with van der Waals surface area (Å²) in [6, 6.07) is 15.3. The Labute approximate surface area is 173 Å². The Bertz CT molecular complexity index is 1300. The Morgan fingerprint density at radius 3 is 2.63 bits per heavy atom. The zero-order chi connectivity index (χ0) is 20.7. The molecule has 30 heavy (non-hydrogen) atoms. The van der Waals surface area contributed by atoms with E-state index in [2.05, 4.69) is 15.5 Å². The van der Waals surface area contributed by atoms with E-state index in [9.17, 15) is 9.59 Å². The van der Waals surface area contributed by atoms with Gasteiger partial charge in [0.25, 0.3) is 5.56 Å². The first-order valence-corrected chi connectivity index (χ1v) is 10.3. The number of aryl methyl sites for hydroxylation is 1. The van der Waals surface area contributed by atoms with E-state index in [1.54, 1.807) is 10.6 Å². The van der Waals surface area contributed by atoms with Gasteiger partial charge in [-0.1, -0.05) is 43.2 Å². The molecule has 152 valence electrons. The molecule has 1 aliphatic rings. The lowest BCUT2D eigenvalue weighted by Gasteiger charge is -2.13. The second kappa shape index (κ2) is 7.40.